The fourth-order valence-corrected chi connectivity index (χ4v) is 2.11. The van der Waals surface area contributed by atoms with Crippen molar-refractivity contribution in [2.45, 2.75) is 6.54 Å². The van der Waals surface area contributed by atoms with Crippen LogP contribution in [0.3, 0.4) is 0 Å². The maximum atomic E-state index is 13.3. The Bertz CT molecular complexity index is 767. The minimum Gasteiger partial charge on any atom is -0.465 e. The van der Waals surface area contributed by atoms with E-state index in [1.165, 1.54) is 25.3 Å². The van der Waals surface area contributed by atoms with E-state index in [0.29, 0.717) is 11.3 Å². The molecule has 0 aromatic heterocycles. The molecule has 2 aromatic carbocycles. The molecule has 0 heterocycles. The van der Waals surface area contributed by atoms with Crippen molar-refractivity contribution in [1.29, 1.82) is 0 Å². The largest absolute Gasteiger partial charge is 0.465 e. The maximum Gasteiger partial charge on any atom is 0.339 e. The first-order valence-corrected chi connectivity index (χ1v) is 6.84. The van der Waals surface area contributed by atoms with E-state index in [2.05, 4.69) is 10.1 Å². The minimum atomic E-state index is -0.891. The van der Waals surface area contributed by atoms with Gasteiger partial charge >= 0.3 is 11.7 Å². The van der Waals surface area contributed by atoms with Crippen molar-refractivity contribution in [2.24, 2.45) is 0 Å². The molecule has 8 heteroatoms. The third-order valence-corrected chi connectivity index (χ3v) is 3.41. The van der Waals surface area contributed by atoms with E-state index in [4.69, 9.17) is 11.6 Å². The van der Waals surface area contributed by atoms with E-state index < -0.39 is 22.4 Å². The second kappa shape index (κ2) is 7.06. The lowest BCUT2D eigenvalue weighted by Gasteiger charge is -2.09. The normalized spacial score (nSPS) is 10.2. The quantitative estimate of drug-likeness (QED) is 0.509. The Kier molecular flexibility index (Phi) is 5.13. The second-order valence-corrected chi connectivity index (χ2v) is 4.99. The summed E-state index contributed by atoms with van der Waals surface area (Å²) < 4.78 is 17.9. The summed E-state index contributed by atoms with van der Waals surface area (Å²) in [5, 5.41) is 13.9. The molecule has 120 valence electrons. The van der Waals surface area contributed by atoms with Gasteiger partial charge in [-0.25, -0.2) is 4.79 Å². The van der Waals surface area contributed by atoms with Gasteiger partial charge in [0.25, 0.3) is 0 Å². The smallest absolute Gasteiger partial charge is 0.339 e. The first kappa shape index (κ1) is 16.7. The number of nitro groups is 1. The molecule has 2 aromatic rings. The first-order valence-electron chi connectivity index (χ1n) is 6.47. The van der Waals surface area contributed by atoms with E-state index in [1.54, 1.807) is 6.07 Å². The van der Waals surface area contributed by atoms with Crippen LogP contribution in [-0.2, 0) is 11.3 Å². The summed E-state index contributed by atoms with van der Waals surface area (Å²) in [5.74, 6) is -1.46. The molecule has 0 spiro atoms. The van der Waals surface area contributed by atoms with Crippen LogP contribution in [0.15, 0.2) is 36.4 Å². The highest BCUT2D eigenvalue weighted by Gasteiger charge is 2.15. The SMILES string of the molecule is COC(=O)c1cc(NCc2ccc(F)c([N+](=O)[O-])c2)ccc1Cl. The van der Waals surface area contributed by atoms with Gasteiger partial charge < -0.3 is 10.1 Å². The number of anilines is 1. The van der Waals surface area contributed by atoms with E-state index in [9.17, 15) is 19.3 Å². The molecule has 6 nitrogen and oxygen atoms in total. The molecular formula is C15H12ClFN2O4. The van der Waals surface area contributed by atoms with Crippen molar-refractivity contribution in [1.82, 2.24) is 0 Å². The monoisotopic (exact) mass is 338 g/mol. The topological polar surface area (TPSA) is 81.5 Å². The Labute approximate surface area is 136 Å². The maximum absolute atomic E-state index is 13.3. The van der Waals surface area contributed by atoms with Crippen molar-refractivity contribution in [3.8, 4) is 0 Å². The first-order chi connectivity index (χ1) is 10.9. The summed E-state index contributed by atoms with van der Waals surface area (Å²) >= 11 is 5.91. The zero-order valence-electron chi connectivity index (χ0n) is 12.0. The highest BCUT2D eigenvalue weighted by molar-refractivity contribution is 6.33. The van der Waals surface area contributed by atoms with Gasteiger partial charge in [-0.1, -0.05) is 17.7 Å². The molecule has 0 atom stereocenters. The summed E-state index contributed by atoms with van der Waals surface area (Å²) in [6.07, 6.45) is 0. The van der Waals surface area contributed by atoms with Crippen LogP contribution < -0.4 is 5.32 Å². The van der Waals surface area contributed by atoms with Crippen LogP contribution in [0.1, 0.15) is 15.9 Å². The number of hydrogen-bond acceptors (Lipinski definition) is 5. The van der Waals surface area contributed by atoms with Crippen molar-refractivity contribution < 1.29 is 18.8 Å². The number of nitrogens with zero attached hydrogens (tertiary/aromatic N) is 1. The van der Waals surface area contributed by atoms with Gasteiger partial charge in [-0.2, -0.15) is 4.39 Å². The van der Waals surface area contributed by atoms with Gasteiger partial charge in [-0.05, 0) is 29.8 Å². The third kappa shape index (κ3) is 3.95. The van der Waals surface area contributed by atoms with Crippen LogP contribution in [0.25, 0.3) is 0 Å². The fourth-order valence-electron chi connectivity index (χ4n) is 1.91. The van der Waals surface area contributed by atoms with Crippen molar-refractivity contribution in [3.05, 3.63) is 68.5 Å². The average Bonchev–Trinajstić information content (AvgIpc) is 2.54. The van der Waals surface area contributed by atoms with Gasteiger partial charge in [0.2, 0.25) is 5.82 Å². The number of rotatable bonds is 5. The number of benzene rings is 2. The van der Waals surface area contributed by atoms with Crippen LogP contribution in [-0.4, -0.2) is 18.0 Å². The van der Waals surface area contributed by atoms with Crippen LogP contribution in [0.5, 0.6) is 0 Å². The van der Waals surface area contributed by atoms with Crippen LogP contribution in [0.4, 0.5) is 15.8 Å². The highest BCUT2D eigenvalue weighted by atomic mass is 35.5. The molecule has 2 rings (SSSR count). The number of carbonyl (C=O) groups is 1. The Morgan fingerprint density at radius 2 is 2.09 bits per heavy atom. The zero-order chi connectivity index (χ0) is 17.0. The molecule has 0 aliphatic carbocycles. The average molecular weight is 339 g/mol. The van der Waals surface area contributed by atoms with Gasteiger partial charge in [-0.15, -0.1) is 0 Å². The van der Waals surface area contributed by atoms with Gasteiger partial charge in [-0.3, -0.25) is 10.1 Å². The van der Waals surface area contributed by atoms with E-state index in [-0.39, 0.29) is 17.1 Å². The van der Waals surface area contributed by atoms with E-state index in [0.717, 1.165) is 12.1 Å². The van der Waals surface area contributed by atoms with Gasteiger partial charge in [0.05, 0.1) is 22.6 Å². The standard InChI is InChI=1S/C15H12ClFN2O4/c1-23-15(20)11-7-10(3-4-12(11)16)18-8-9-2-5-13(17)14(6-9)19(21)22/h2-7,18H,8H2,1H3. The van der Waals surface area contributed by atoms with Gasteiger partial charge in [0.1, 0.15) is 0 Å². The Balaban J connectivity index is 2.17. The summed E-state index contributed by atoms with van der Waals surface area (Å²) in [7, 11) is 1.25. The number of hydrogen-bond donors (Lipinski definition) is 1. The van der Waals surface area contributed by atoms with E-state index >= 15 is 0 Å². The van der Waals surface area contributed by atoms with Crippen molar-refractivity contribution in [2.75, 3.05) is 12.4 Å². The molecule has 0 amide bonds. The molecule has 0 bridgehead atoms. The zero-order valence-corrected chi connectivity index (χ0v) is 12.8. The number of carbonyl (C=O) groups excluding carboxylic acids is 1. The number of nitrogens with one attached hydrogen (secondary N) is 1. The Morgan fingerprint density at radius 1 is 1.35 bits per heavy atom. The predicted octanol–water partition coefficient (Wildman–Crippen LogP) is 3.79. The molecule has 0 saturated carbocycles. The second-order valence-electron chi connectivity index (χ2n) is 4.58. The lowest BCUT2D eigenvalue weighted by atomic mass is 10.1. The summed E-state index contributed by atoms with van der Waals surface area (Å²) in [6.45, 7) is 0.212. The summed E-state index contributed by atoms with van der Waals surface area (Å²) in [4.78, 5) is 21.5. The van der Waals surface area contributed by atoms with Crippen LogP contribution in [0, 0.1) is 15.9 Å². The minimum absolute atomic E-state index is 0.198. The highest BCUT2D eigenvalue weighted by Crippen LogP contribution is 2.23. The lowest BCUT2D eigenvalue weighted by Crippen LogP contribution is -2.05. The molecule has 1 N–H and O–H groups in total. The third-order valence-electron chi connectivity index (χ3n) is 3.08. The van der Waals surface area contributed by atoms with Crippen molar-refractivity contribution >= 4 is 28.9 Å². The number of ether oxygens (including phenoxy) is 1. The number of halogens is 2. The lowest BCUT2D eigenvalue weighted by molar-refractivity contribution is -0.387. The Hall–Kier alpha value is -2.67. The molecule has 23 heavy (non-hydrogen) atoms. The summed E-state index contributed by atoms with van der Waals surface area (Å²) in [6, 6.07) is 8.31. The Morgan fingerprint density at radius 3 is 2.74 bits per heavy atom. The van der Waals surface area contributed by atoms with Gasteiger partial charge in [0.15, 0.2) is 0 Å². The molecule has 0 aliphatic rings. The number of esters is 1. The van der Waals surface area contributed by atoms with E-state index in [1.807, 2.05) is 0 Å². The van der Waals surface area contributed by atoms with Crippen LogP contribution in [0.2, 0.25) is 5.02 Å². The molecule has 0 fully saturated rings. The number of nitro benzene ring substituents is 1. The van der Waals surface area contributed by atoms with Crippen molar-refractivity contribution in [3.63, 3.8) is 0 Å². The van der Waals surface area contributed by atoms with Gasteiger partial charge in [0, 0.05) is 18.3 Å². The molecule has 0 unspecified atom stereocenters. The molecule has 0 radical (unpaired) electrons. The molecule has 0 aliphatic heterocycles. The summed E-state index contributed by atoms with van der Waals surface area (Å²) in [5.41, 5.74) is 0.703. The van der Waals surface area contributed by atoms with Crippen LogP contribution >= 0.6 is 11.6 Å². The fraction of sp³-hybridized carbons (Fsp3) is 0.133. The molecule has 0 saturated heterocycles. The number of methoxy groups -OCH3 is 1. The predicted molar refractivity (Wildman–Crippen MR) is 83.2 cm³/mol. The molecular weight excluding hydrogens is 327 g/mol.